The zero-order valence-corrected chi connectivity index (χ0v) is 13.2. The molecule has 1 aliphatic heterocycles. The molecule has 0 fully saturated rings. The zero-order chi connectivity index (χ0) is 15.8. The average Bonchev–Trinajstić information content (AvgIpc) is 2.82. The molecule has 1 heterocycles. The second-order valence-corrected chi connectivity index (χ2v) is 6.93. The maximum absolute atomic E-state index is 11.9. The van der Waals surface area contributed by atoms with E-state index in [0.717, 1.165) is 6.26 Å². The van der Waals surface area contributed by atoms with Gasteiger partial charge in [-0.15, -0.1) is 0 Å². The Bertz CT molecular complexity index is 726. The quantitative estimate of drug-likeness (QED) is 0.850. The van der Waals surface area contributed by atoms with Gasteiger partial charge in [0.2, 0.25) is 0 Å². The molecule has 0 saturated heterocycles. The first-order chi connectivity index (χ1) is 9.75. The number of hydrogen-bond acceptors (Lipinski definition) is 6. The van der Waals surface area contributed by atoms with Crippen LogP contribution in [-0.4, -0.2) is 33.9 Å². The molecule has 2 rings (SSSR count). The summed E-state index contributed by atoms with van der Waals surface area (Å²) in [5.41, 5.74) is 3.31. The molecule has 1 aliphatic rings. The van der Waals surface area contributed by atoms with Crippen LogP contribution in [0.4, 0.5) is 0 Å². The highest BCUT2D eigenvalue weighted by atomic mass is 35.5. The number of hydrogen-bond donors (Lipinski definition) is 1. The van der Waals surface area contributed by atoms with Crippen LogP contribution in [0.5, 0.6) is 0 Å². The van der Waals surface area contributed by atoms with E-state index >= 15 is 0 Å². The third-order valence-corrected chi connectivity index (χ3v) is 4.47. The average molecular weight is 332 g/mol. The van der Waals surface area contributed by atoms with Gasteiger partial charge in [0.1, 0.15) is 6.10 Å². The SMILES string of the molecule is COC(=O)c1ccc(S(C)(=O)=O)c(C2=CC(C)ON2)c1Cl. The van der Waals surface area contributed by atoms with Crippen molar-refractivity contribution in [3.05, 3.63) is 34.4 Å². The van der Waals surface area contributed by atoms with E-state index in [4.69, 9.17) is 16.4 Å². The van der Waals surface area contributed by atoms with Gasteiger partial charge in [-0.3, -0.25) is 10.3 Å². The Balaban J connectivity index is 2.74. The molecule has 0 spiro atoms. The van der Waals surface area contributed by atoms with Crippen molar-refractivity contribution in [2.24, 2.45) is 0 Å². The molecule has 0 bridgehead atoms. The summed E-state index contributed by atoms with van der Waals surface area (Å²) >= 11 is 6.22. The van der Waals surface area contributed by atoms with Crippen LogP contribution < -0.4 is 5.48 Å². The molecule has 6 nitrogen and oxygen atoms in total. The Labute approximate surface area is 127 Å². The third kappa shape index (κ3) is 3.04. The number of sulfone groups is 1. The molecule has 21 heavy (non-hydrogen) atoms. The number of benzene rings is 1. The summed E-state index contributed by atoms with van der Waals surface area (Å²) in [6, 6.07) is 2.65. The fraction of sp³-hybridized carbons (Fsp3) is 0.308. The molecule has 1 unspecified atom stereocenters. The van der Waals surface area contributed by atoms with Gasteiger partial charge < -0.3 is 4.74 Å². The minimum Gasteiger partial charge on any atom is -0.465 e. The summed E-state index contributed by atoms with van der Waals surface area (Å²) in [6.45, 7) is 1.78. The maximum Gasteiger partial charge on any atom is 0.339 e. The lowest BCUT2D eigenvalue weighted by Gasteiger charge is -2.14. The molecule has 0 saturated carbocycles. The first-order valence-corrected chi connectivity index (χ1v) is 8.27. The molecule has 0 aliphatic carbocycles. The largest absolute Gasteiger partial charge is 0.465 e. The van der Waals surface area contributed by atoms with Crippen molar-refractivity contribution < 1.29 is 22.8 Å². The van der Waals surface area contributed by atoms with E-state index in [9.17, 15) is 13.2 Å². The molecule has 1 N–H and O–H groups in total. The van der Waals surface area contributed by atoms with Gasteiger partial charge in [-0.2, -0.15) is 0 Å². The molecule has 1 aromatic carbocycles. The Morgan fingerprint density at radius 3 is 2.57 bits per heavy atom. The number of hydroxylamine groups is 1. The van der Waals surface area contributed by atoms with E-state index in [1.54, 1.807) is 13.0 Å². The van der Waals surface area contributed by atoms with Gasteiger partial charge in [0.25, 0.3) is 0 Å². The van der Waals surface area contributed by atoms with Crippen LogP contribution in [0.1, 0.15) is 22.8 Å². The van der Waals surface area contributed by atoms with Crippen molar-refractivity contribution in [3.63, 3.8) is 0 Å². The van der Waals surface area contributed by atoms with Crippen LogP contribution in [0.2, 0.25) is 5.02 Å². The van der Waals surface area contributed by atoms with Gasteiger partial charge in [0.05, 0.1) is 28.3 Å². The Hall–Kier alpha value is -1.57. The van der Waals surface area contributed by atoms with Crippen LogP contribution in [0.3, 0.4) is 0 Å². The summed E-state index contributed by atoms with van der Waals surface area (Å²) in [4.78, 5) is 16.9. The van der Waals surface area contributed by atoms with Crippen molar-refractivity contribution in [3.8, 4) is 0 Å². The fourth-order valence-corrected chi connectivity index (χ4v) is 3.28. The minimum atomic E-state index is -3.53. The zero-order valence-electron chi connectivity index (χ0n) is 11.6. The second kappa shape index (κ2) is 5.67. The first-order valence-electron chi connectivity index (χ1n) is 6.00. The van der Waals surface area contributed by atoms with Crippen LogP contribution in [0.15, 0.2) is 23.1 Å². The molecule has 8 heteroatoms. The van der Waals surface area contributed by atoms with E-state index in [1.165, 1.54) is 19.2 Å². The Kier molecular flexibility index (Phi) is 4.27. The van der Waals surface area contributed by atoms with Crippen LogP contribution in [0, 0.1) is 0 Å². The number of carbonyl (C=O) groups excluding carboxylic acids is 1. The number of nitrogens with one attached hydrogen (secondary N) is 1. The molecule has 0 amide bonds. The smallest absolute Gasteiger partial charge is 0.339 e. The molecule has 0 aromatic heterocycles. The van der Waals surface area contributed by atoms with E-state index in [-0.39, 0.29) is 27.1 Å². The van der Waals surface area contributed by atoms with E-state index < -0.39 is 15.8 Å². The molecule has 1 aromatic rings. The van der Waals surface area contributed by atoms with Crippen molar-refractivity contribution in [1.82, 2.24) is 5.48 Å². The van der Waals surface area contributed by atoms with Crippen molar-refractivity contribution in [1.29, 1.82) is 0 Å². The summed E-state index contributed by atoms with van der Waals surface area (Å²) in [5, 5.41) is 0.00113. The summed E-state index contributed by atoms with van der Waals surface area (Å²) in [6.07, 6.45) is 2.50. The normalized spacial score (nSPS) is 18.1. The second-order valence-electron chi connectivity index (χ2n) is 4.57. The van der Waals surface area contributed by atoms with E-state index in [0.29, 0.717) is 5.70 Å². The predicted octanol–water partition coefficient (Wildman–Crippen LogP) is 1.79. The number of rotatable bonds is 3. The van der Waals surface area contributed by atoms with Gasteiger partial charge in [-0.05, 0) is 25.1 Å². The summed E-state index contributed by atoms with van der Waals surface area (Å²) in [5.74, 6) is -0.645. The van der Waals surface area contributed by atoms with Gasteiger partial charge in [0.15, 0.2) is 9.84 Å². The minimum absolute atomic E-state index is 0.00113. The highest BCUT2D eigenvalue weighted by Gasteiger charge is 2.27. The van der Waals surface area contributed by atoms with Crippen molar-refractivity contribution >= 4 is 33.1 Å². The molecule has 0 radical (unpaired) electrons. The summed E-state index contributed by atoms with van der Waals surface area (Å²) in [7, 11) is -2.31. The van der Waals surface area contributed by atoms with E-state index in [2.05, 4.69) is 10.2 Å². The number of esters is 1. The van der Waals surface area contributed by atoms with E-state index in [1.807, 2.05) is 0 Å². The first kappa shape index (κ1) is 15.8. The maximum atomic E-state index is 11.9. The number of ether oxygens (including phenoxy) is 1. The predicted molar refractivity (Wildman–Crippen MR) is 77.6 cm³/mol. The third-order valence-electron chi connectivity index (χ3n) is 2.93. The monoisotopic (exact) mass is 331 g/mol. The molecule has 1 atom stereocenters. The fourth-order valence-electron chi connectivity index (χ4n) is 1.98. The molecular formula is C13H14ClNO5S. The standard InChI is InChI=1S/C13H14ClNO5S/c1-7-6-9(15-20-7)11-10(21(3,17)18)5-4-8(12(11)14)13(16)19-2/h4-7,15H,1-3H3. The lowest BCUT2D eigenvalue weighted by atomic mass is 10.1. The van der Waals surface area contributed by atoms with Crippen LogP contribution in [-0.2, 0) is 19.4 Å². The molecule has 114 valence electrons. The van der Waals surface area contributed by atoms with Gasteiger partial charge in [0, 0.05) is 11.8 Å². The van der Waals surface area contributed by atoms with Crippen molar-refractivity contribution in [2.75, 3.05) is 13.4 Å². The highest BCUT2D eigenvalue weighted by molar-refractivity contribution is 7.90. The highest BCUT2D eigenvalue weighted by Crippen LogP contribution is 2.34. The van der Waals surface area contributed by atoms with Gasteiger partial charge in [-0.25, -0.2) is 13.2 Å². The lowest BCUT2D eigenvalue weighted by molar-refractivity contribution is 0.0598. The number of halogens is 1. The van der Waals surface area contributed by atoms with Crippen molar-refractivity contribution in [2.45, 2.75) is 17.9 Å². The van der Waals surface area contributed by atoms with Crippen LogP contribution in [0.25, 0.3) is 5.70 Å². The van der Waals surface area contributed by atoms with Crippen LogP contribution >= 0.6 is 11.6 Å². The summed E-state index contributed by atoms with van der Waals surface area (Å²) < 4.78 is 28.5. The Morgan fingerprint density at radius 1 is 1.43 bits per heavy atom. The van der Waals surface area contributed by atoms with Gasteiger partial charge >= 0.3 is 5.97 Å². The number of methoxy groups -OCH3 is 1. The number of carbonyl (C=O) groups is 1. The Morgan fingerprint density at radius 2 is 2.10 bits per heavy atom. The molecular weight excluding hydrogens is 318 g/mol. The topological polar surface area (TPSA) is 81.7 Å². The lowest BCUT2D eigenvalue weighted by Crippen LogP contribution is -2.13. The van der Waals surface area contributed by atoms with Gasteiger partial charge in [-0.1, -0.05) is 11.6 Å².